The monoisotopic (exact) mass is 409 g/mol. The molecular weight excluding hydrogens is 395 g/mol. The molecule has 1 N–H and O–H groups in total. The van der Waals surface area contributed by atoms with Gasteiger partial charge in [0.25, 0.3) is 0 Å². The lowest BCUT2D eigenvalue weighted by molar-refractivity contribution is -0.0500. The molecule has 1 heterocycles. The molecule has 0 atom stereocenters. The summed E-state index contributed by atoms with van der Waals surface area (Å²) in [5, 5.41) is 9.08. The Hall–Kier alpha value is -2.76. The maximum absolute atomic E-state index is 12.6. The van der Waals surface area contributed by atoms with Crippen molar-refractivity contribution in [1.82, 2.24) is 4.90 Å². The molecule has 1 amide bonds. The first-order valence-corrected chi connectivity index (χ1v) is 8.77. The van der Waals surface area contributed by atoms with Gasteiger partial charge in [-0.05, 0) is 35.8 Å². The number of methoxy groups -OCH3 is 1. The van der Waals surface area contributed by atoms with Crippen LogP contribution in [0, 0.1) is 0 Å². The summed E-state index contributed by atoms with van der Waals surface area (Å²) in [7, 11) is -4.91. The molecule has 0 radical (unpaired) electrons. The Morgan fingerprint density at radius 3 is 2.44 bits per heavy atom. The number of carbonyl (C=O) groups is 2. The van der Waals surface area contributed by atoms with E-state index in [1.54, 1.807) is 6.08 Å². The van der Waals surface area contributed by atoms with Crippen LogP contribution in [0.3, 0.4) is 0 Å². The van der Waals surface area contributed by atoms with Gasteiger partial charge in [-0.1, -0.05) is 6.08 Å². The molecule has 0 unspecified atom stereocenters. The molecular formula is C15H14F3NO7S. The molecule has 0 spiro atoms. The molecule has 0 fully saturated rings. The van der Waals surface area contributed by atoms with Gasteiger partial charge in [-0.2, -0.15) is 21.6 Å². The molecule has 1 aromatic carbocycles. The summed E-state index contributed by atoms with van der Waals surface area (Å²) in [6.45, 7) is 0.132. The highest BCUT2D eigenvalue weighted by Crippen LogP contribution is 2.31. The smallest absolute Gasteiger partial charge is 0.465 e. The Bertz CT molecular complexity index is 893. The third-order valence-electron chi connectivity index (χ3n) is 3.61. The molecule has 27 heavy (non-hydrogen) atoms. The van der Waals surface area contributed by atoms with E-state index >= 15 is 0 Å². The van der Waals surface area contributed by atoms with Crippen LogP contribution in [0.2, 0.25) is 0 Å². The van der Waals surface area contributed by atoms with Crippen molar-refractivity contribution in [3.63, 3.8) is 0 Å². The van der Waals surface area contributed by atoms with E-state index in [1.807, 2.05) is 0 Å². The van der Waals surface area contributed by atoms with Crippen LogP contribution in [0.4, 0.5) is 18.0 Å². The van der Waals surface area contributed by atoms with E-state index in [4.69, 9.17) is 5.11 Å². The van der Waals surface area contributed by atoms with Crippen molar-refractivity contribution >= 4 is 27.8 Å². The zero-order chi connectivity index (χ0) is 20.4. The number of alkyl halides is 3. The zero-order valence-electron chi connectivity index (χ0n) is 13.8. The Balaban J connectivity index is 2.48. The summed E-state index contributed by atoms with van der Waals surface area (Å²) in [5.41, 5.74) is -5.39. The number of ether oxygens (including phenoxy) is 1. The number of rotatable bonds is 4. The molecule has 2 rings (SSSR count). The van der Waals surface area contributed by atoms with Crippen LogP contribution in [0.1, 0.15) is 22.3 Å². The summed E-state index contributed by atoms with van der Waals surface area (Å²) in [5.74, 6) is -1.68. The predicted molar refractivity (Wildman–Crippen MR) is 85.6 cm³/mol. The van der Waals surface area contributed by atoms with Gasteiger partial charge in [-0.25, -0.2) is 9.59 Å². The fraction of sp³-hybridized carbons (Fsp3) is 0.333. The Labute approximate surface area is 151 Å². The molecule has 1 aromatic rings. The van der Waals surface area contributed by atoms with Gasteiger partial charge in [0.15, 0.2) is 0 Å². The van der Waals surface area contributed by atoms with Crippen molar-refractivity contribution in [2.45, 2.75) is 11.9 Å². The van der Waals surface area contributed by atoms with Gasteiger partial charge < -0.3 is 18.9 Å². The lowest BCUT2D eigenvalue weighted by Gasteiger charge is -2.25. The minimum atomic E-state index is -5.95. The Morgan fingerprint density at radius 1 is 1.22 bits per heavy atom. The van der Waals surface area contributed by atoms with E-state index in [0.717, 1.165) is 24.1 Å². The van der Waals surface area contributed by atoms with Crippen LogP contribution >= 0.6 is 0 Å². The van der Waals surface area contributed by atoms with Crippen molar-refractivity contribution in [3.05, 3.63) is 35.4 Å². The van der Waals surface area contributed by atoms with Crippen molar-refractivity contribution in [2.75, 3.05) is 20.2 Å². The zero-order valence-corrected chi connectivity index (χ0v) is 14.6. The van der Waals surface area contributed by atoms with Crippen LogP contribution in [0.25, 0.3) is 5.57 Å². The Morgan fingerprint density at radius 2 is 1.89 bits per heavy atom. The molecule has 0 aromatic heterocycles. The third-order valence-corrected chi connectivity index (χ3v) is 4.59. The fourth-order valence-electron chi connectivity index (χ4n) is 2.36. The quantitative estimate of drug-likeness (QED) is 0.462. The van der Waals surface area contributed by atoms with Crippen LogP contribution in [-0.2, 0) is 14.9 Å². The lowest BCUT2D eigenvalue weighted by Crippen LogP contribution is -2.34. The minimum Gasteiger partial charge on any atom is -0.465 e. The molecule has 0 bridgehead atoms. The molecule has 1 aliphatic rings. The minimum absolute atomic E-state index is 0.0918. The van der Waals surface area contributed by atoms with Gasteiger partial charge in [0.2, 0.25) is 0 Å². The largest absolute Gasteiger partial charge is 0.534 e. The normalized spacial score (nSPS) is 15.1. The summed E-state index contributed by atoms with van der Waals surface area (Å²) >= 11 is 0. The number of nitrogens with zero attached hydrogens (tertiary/aromatic N) is 1. The molecule has 8 nitrogen and oxygen atoms in total. The SMILES string of the molecule is COC(=O)c1cc(OS(=O)(=O)C(F)(F)F)cc(C2=CCCN(C(=O)O)C2)c1. The van der Waals surface area contributed by atoms with Gasteiger partial charge in [0.1, 0.15) is 5.75 Å². The van der Waals surface area contributed by atoms with Gasteiger partial charge in [-0.3, -0.25) is 0 Å². The maximum Gasteiger partial charge on any atom is 0.534 e. The molecule has 0 saturated carbocycles. The van der Waals surface area contributed by atoms with Crippen molar-refractivity contribution in [2.24, 2.45) is 0 Å². The number of hydrogen-bond donors (Lipinski definition) is 1. The number of carbonyl (C=O) groups excluding carboxylic acids is 1. The van der Waals surface area contributed by atoms with Crippen LogP contribution in [0.15, 0.2) is 24.3 Å². The summed E-state index contributed by atoms with van der Waals surface area (Å²) in [6, 6.07) is 3.01. The number of esters is 1. The molecule has 0 saturated heterocycles. The lowest BCUT2D eigenvalue weighted by atomic mass is 9.99. The van der Waals surface area contributed by atoms with Gasteiger partial charge in [0.05, 0.1) is 12.7 Å². The van der Waals surface area contributed by atoms with E-state index in [9.17, 15) is 31.2 Å². The number of hydrogen-bond acceptors (Lipinski definition) is 6. The predicted octanol–water partition coefficient (Wildman–Crippen LogP) is 2.47. The van der Waals surface area contributed by atoms with Gasteiger partial charge >= 0.3 is 27.7 Å². The number of carboxylic acid groups (broad SMARTS) is 1. The summed E-state index contributed by atoms with van der Waals surface area (Å²) < 4.78 is 68.7. The van der Waals surface area contributed by atoms with Gasteiger partial charge in [-0.15, -0.1) is 0 Å². The molecule has 1 aliphatic heterocycles. The third kappa shape index (κ3) is 4.70. The second-order valence-corrected chi connectivity index (χ2v) is 6.98. The number of amides is 1. The fourth-order valence-corrected chi connectivity index (χ4v) is 2.80. The van der Waals surface area contributed by atoms with E-state index < -0.39 is 33.4 Å². The van der Waals surface area contributed by atoms with Crippen LogP contribution < -0.4 is 4.18 Å². The first-order chi connectivity index (χ1) is 12.4. The summed E-state index contributed by atoms with van der Waals surface area (Å²) in [4.78, 5) is 23.9. The number of benzene rings is 1. The van der Waals surface area contributed by atoms with Crippen LogP contribution in [-0.4, -0.2) is 56.2 Å². The summed E-state index contributed by atoms with van der Waals surface area (Å²) in [6.07, 6.45) is 0.778. The van der Waals surface area contributed by atoms with E-state index in [0.29, 0.717) is 12.0 Å². The second kappa shape index (κ2) is 7.47. The van der Waals surface area contributed by atoms with Crippen LogP contribution in [0.5, 0.6) is 5.75 Å². The van der Waals surface area contributed by atoms with Crippen molar-refractivity contribution < 1.29 is 45.2 Å². The topological polar surface area (TPSA) is 110 Å². The van der Waals surface area contributed by atoms with Crippen molar-refractivity contribution in [3.8, 4) is 5.75 Å². The van der Waals surface area contributed by atoms with E-state index in [2.05, 4.69) is 8.92 Å². The molecule has 12 heteroatoms. The highest BCUT2D eigenvalue weighted by Gasteiger charge is 2.48. The highest BCUT2D eigenvalue weighted by atomic mass is 32.2. The standard InChI is InChI=1S/C15H14F3NO7S/c1-25-13(20)11-5-10(9-3-2-4-19(8-9)14(21)22)6-12(7-11)26-27(23,24)15(16,17)18/h3,5-7H,2,4,8H2,1H3,(H,21,22). The highest BCUT2D eigenvalue weighted by molar-refractivity contribution is 7.88. The first kappa shape index (κ1) is 20.6. The Kier molecular flexibility index (Phi) is 5.68. The second-order valence-electron chi connectivity index (χ2n) is 5.44. The average molecular weight is 409 g/mol. The van der Waals surface area contributed by atoms with E-state index in [-0.39, 0.29) is 24.2 Å². The van der Waals surface area contributed by atoms with E-state index in [1.165, 1.54) is 6.07 Å². The molecule has 0 aliphatic carbocycles. The average Bonchev–Trinajstić information content (AvgIpc) is 2.59. The van der Waals surface area contributed by atoms with Crippen molar-refractivity contribution in [1.29, 1.82) is 0 Å². The van der Waals surface area contributed by atoms with Gasteiger partial charge in [0, 0.05) is 13.1 Å². The maximum atomic E-state index is 12.6. The molecule has 148 valence electrons. The first-order valence-electron chi connectivity index (χ1n) is 7.36. The number of halogens is 3.